The summed E-state index contributed by atoms with van der Waals surface area (Å²) in [5.41, 5.74) is 6.50. The zero-order valence-corrected chi connectivity index (χ0v) is 12.1. The van der Waals surface area contributed by atoms with E-state index in [1.165, 1.54) is 0 Å². The number of aromatic amines is 1. The van der Waals surface area contributed by atoms with Crippen molar-refractivity contribution >= 4 is 5.69 Å². The number of rotatable bonds is 9. The summed E-state index contributed by atoms with van der Waals surface area (Å²) in [6, 6.07) is 1.69. The van der Waals surface area contributed by atoms with Crippen LogP contribution < -0.4 is 11.3 Å². The Morgan fingerprint density at radius 3 is 2.14 bits per heavy atom. The monoisotopic (exact) mass is 304 g/mol. The predicted molar refractivity (Wildman–Crippen MR) is 78.2 cm³/mol. The number of pyridine rings is 1. The van der Waals surface area contributed by atoms with E-state index in [2.05, 4.69) is 4.98 Å². The number of nitrogens with one attached hydrogen (secondary N) is 1. The van der Waals surface area contributed by atoms with Crippen LogP contribution in [0.5, 0.6) is 0 Å². The van der Waals surface area contributed by atoms with Gasteiger partial charge in [0.25, 0.3) is 5.56 Å². The Kier molecular flexibility index (Phi) is 7.32. The Morgan fingerprint density at radius 2 is 1.57 bits per heavy atom. The average Bonchev–Trinajstić information content (AvgIpc) is 2.39. The molecule has 6 heteroatoms. The van der Waals surface area contributed by atoms with Crippen LogP contribution in [0.1, 0.15) is 56.9 Å². The molecule has 3 nitrogen and oxygen atoms in total. The number of aryl methyl sites for hydroxylation is 1. The first kappa shape index (κ1) is 17.6. The second kappa shape index (κ2) is 8.74. The lowest BCUT2D eigenvalue weighted by Crippen LogP contribution is -2.11. The van der Waals surface area contributed by atoms with Gasteiger partial charge in [-0.1, -0.05) is 32.1 Å². The van der Waals surface area contributed by atoms with Crippen LogP contribution >= 0.6 is 0 Å². The second-order valence-electron chi connectivity index (χ2n) is 5.38. The van der Waals surface area contributed by atoms with Crippen molar-refractivity contribution in [2.24, 2.45) is 0 Å². The predicted octanol–water partition coefficient (Wildman–Crippen LogP) is 4.18. The molecule has 0 spiro atoms. The molecule has 0 amide bonds. The first-order valence-electron chi connectivity index (χ1n) is 7.42. The van der Waals surface area contributed by atoms with E-state index in [-0.39, 0.29) is 17.7 Å². The maximum Gasteiger partial charge on any atom is 0.389 e. The molecule has 0 aliphatic heterocycles. The summed E-state index contributed by atoms with van der Waals surface area (Å²) in [6.45, 7) is 0. The van der Waals surface area contributed by atoms with E-state index >= 15 is 0 Å². The molecule has 1 heterocycles. The number of aromatic nitrogens is 1. The molecule has 1 aromatic rings. The highest BCUT2D eigenvalue weighted by Crippen LogP contribution is 2.23. The first-order chi connectivity index (χ1) is 9.88. The van der Waals surface area contributed by atoms with Crippen molar-refractivity contribution in [2.45, 2.75) is 64.0 Å². The van der Waals surface area contributed by atoms with E-state index in [4.69, 9.17) is 5.73 Å². The molecule has 0 atom stereocenters. The number of nitrogen functional groups attached to an aromatic ring is 1. The van der Waals surface area contributed by atoms with Crippen LogP contribution in [-0.2, 0) is 6.42 Å². The maximum atomic E-state index is 11.9. The van der Waals surface area contributed by atoms with Crippen molar-refractivity contribution in [3.05, 3.63) is 28.2 Å². The van der Waals surface area contributed by atoms with Crippen molar-refractivity contribution < 1.29 is 13.2 Å². The van der Waals surface area contributed by atoms with Gasteiger partial charge in [-0.25, -0.2) is 0 Å². The third-order valence-electron chi connectivity index (χ3n) is 3.42. The molecule has 1 aromatic heterocycles. The molecule has 0 aliphatic carbocycles. The molecule has 0 fully saturated rings. The van der Waals surface area contributed by atoms with Gasteiger partial charge in [0, 0.05) is 12.6 Å². The Bertz CT molecular complexity index is 469. The molecule has 3 N–H and O–H groups in total. The summed E-state index contributed by atoms with van der Waals surface area (Å²) in [5.74, 6) is 0. The molecule has 120 valence electrons. The Balaban J connectivity index is 2.00. The van der Waals surface area contributed by atoms with E-state index in [1.807, 2.05) is 0 Å². The minimum atomic E-state index is -4.02. The van der Waals surface area contributed by atoms with Gasteiger partial charge in [0.1, 0.15) is 0 Å². The highest BCUT2D eigenvalue weighted by molar-refractivity contribution is 5.37. The highest BCUT2D eigenvalue weighted by atomic mass is 19.4. The van der Waals surface area contributed by atoms with Crippen molar-refractivity contribution in [3.8, 4) is 0 Å². The Labute approximate surface area is 122 Å². The summed E-state index contributed by atoms with van der Waals surface area (Å²) in [5, 5.41) is 0. The molecule has 0 saturated heterocycles. The largest absolute Gasteiger partial charge is 0.394 e. The lowest BCUT2D eigenvalue weighted by atomic mass is 10.0. The average molecular weight is 304 g/mol. The fourth-order valence-corrected chi connectivity index (χ4v) is 2.23. The summed E-state index contributed by atoms with van der Waals surface area (Å²) in [4.78, 5) is 13.7. The number of unbranched alkanes of at least 4 members (excludes halogenated alkanes) is 6. The highest BCUT2D eigenvalue weighted by Gasteiger charge is 2.25. The SMILES string of the molecule is Nc1cc(CCCCCCCCCC(F)(F)F)c[nH]c1=O. The summed E-state index contributed by atoms with van der Waals surface area (Å²) in [7, 11) is 0. The van der Waals surface area contributed by atoms with Crippen molar-refractivity contribution in [3.63, 3.8) is 0 Å². The molecule has 0 bridgehead atoms. The molecule has 0 unspecified atom stereocenters. The summed E-state index contributed by atoms with van der Waals surface area (Å²) in [6.07, 6.45) is 3.64. The topological polar surface area (TPSA) is 58.9 Å². The van der Waals surface area contributed by atoms with Crippen LogP contribution in [0.25, 0.3) is 0 Å². The molecule has 0 aliphatic rings. The fraction of sp³-hybridized carbons (Fsp3) is 0.667. The number of anilines is 1. The van der Waals surface area contributed by atoms with Crippen molar-refractivity contribution in [1.82, 2.24) is 4.98 Å². The Hall–Kier alpha value is -1.46. The van der Waals surface area contributed by atoms with Gasteiger partial charge < -0.3 is 10.7 Å². The van der Waals surface area contributed by atoms with Crippen LogP contribution in [0.4, 0.5) is 18.9 Å². The van der Waals surface area contributed by atoms with Gasteiger partial charge in [-0.15, -0.1) is 0 Å². The quantitative estimate of drug-likeness (QED) is 0.672. The number of hydrogen-bond acceptors (Lipinski definition) is 2. The number of halogens is 3. The molecular formula is C15H23F3N2O. The van der Waals surface area contributed by atoms with E-state index in [0.717, 1.165) is 44.1 Å². The number of alkyl halides is 3. The lowest BCUT2D eigenvalue weighted by molar-refractivity contribution is -0.135. The lowest BCUT2D eigenvalue weighted by Gasteiger charge is -2.06. The van der Waals surface area contributed by atoms with Crippen molar-refractivity contribution in [1.29, 1.82) is 0 Å². The van der Waals surface area contributed by atoms with Gasteiger partial charge in [-0.2, -0.15) is 13.2 Å². The smallest absolute Gasteiger partial charge is 0.389 e. The van der Waals surface area contributed by atoms with E-state index in [1.54, 1.807) is 12.3 Å². The van der Waals surface area contributed by atoms with E-state index in [0.29, 0.717) is 6.42 Å². The van der Waals surface area contributed by atoms with Crippen molar-refractivity contribution in [2.75, 3.05) is 5.73 Å². The zero-order chi connectivity index (χ0) is 15.7. The van der Waals surface area contributed by atoms with Crippen LogP contribution in [0.15, 0.2) is 17.1 Å². The minimum Gasteiger partial charge on any atom is -0.394 e. The second-order valence-corrected chi connectivity index (χ2v) is 5.38. The molecule has 0 aromatic carbocycles. The number of H-pyrrole nitrogens is 1. The number of hydrogen-bond donors (Lipinski definition) is 2. The molecular weight excluding hydrogens is 281 g/mol. The normalized spacial score (nSPS) is 11.8. The van der Waals surface area contributed by atoms with Gasteiger partial charge in [0.2, 0.25) is 0 Å². The number of nitrogens with two attached hydrogens (primary N) is 1. The van der Waals surface area contributed by atoms with Crippen LogP contribution in [-0.4, -0.2) is 11.2 Å². The van der Waals surface area contributed by atoms with Gasteiger partial charge in [0.05, 0.1) is 5.69 Å². The maximum absolute atomic E-state index is 11.9. The minimum absolute atomic E-state index is 0.233. The third-order valence-corrected chi connectivity index (χ3v) is 3.42. The van der Waals surface area contributed by atoms with Crippen LogP contribution in [0.3, 0.4) is 0 Å². The molecule has 0 radical (unpaired) electrons. The molecule has 21 heavy (non-hydrogen) atoms. The van der Waals surface area contributed by atoms with E-state index in [9.17, 15) is 18.0 Å². The standard InChI is InChI=1S/C15H23F3N2O/c16-15(17,18)9-7-5-3-1-2-4-6-8-12-10-13(19)14(21)20-11-12/h10-11H,1-9,19H2,(H,20,21). The van der Waals surface area contributed by atoms with Crippen LogP contribution in [0, 0.1) is 0 Å². The Morgan fingerprint density at radius 1 is 1.00 bits per heavy atom. The first-order valence-corrected chi connectivity index (χ1v) is 7.42. The van der Waals surface area contributed by atoms with Gasteiger partial charge >= 0.3 is 6.18 Å². The fourth-order valence-electron chi connectivity index (χ4n) is 2.23. The molecule has 1 rings (SSSR count). The molecule has 0 saturated carbocycles. The van der Waals surface area contributed by atoms with Gasteiger partial charge in [-0.3, -0.25) is 4.79 Å². The van der Waals surface area contributed by atoms with E-state index < -0.39 is 12.6 Å². The van der Waals surface area contributed by atoms with Gasteiger partial charge in [0.15, 0.2) is 0 Å². The third kappa shape index (κ3) is 8.42. The zero-order valence-electron chi connectivity index (χ0n) is 12.1. The summed E-state index contributed by atoms with van der Waals surface area (Å²) >= 11 is 0. The van der Waals surface area contributed by atoms with Gasteiger partial charge in [-0.05, 0) is 30.9 Å². The van der Waals surface area contributed by atoms with Crippen LogP contribution in [0.2, 0.25) is 0 Å². The summed E-state index contributed by atoms with van der Waals surface area (Å²) < 4.78 is 35.7.